The molecule has 0 radical (unpaired) electrons. The number of hydrogen-bond acceptors (Lipinski definition) is 4. The van der Waals surface area contributed by atoms with E-state index in [-0.39, 0.29) is 0 Å². The number of nitrogens with zero attached hydrogens (tertiary/aromatic N) is 4. The van der Waals surface area contributed by atoms with Gasteiger partial charge < -0.3 is 4.90 Å². The van der Waals surface area contributed by atoms with Crippen molar-refractivity contribution in [2.45, 2.75) is 19.0 Å². The molecule has 0 spiro atoms. The summed E-state index contributed by atoms with van der Waals surface area (Å²) >= 11 is 12.3. The molecule has 0 bridgehead atoms. The first-order chi connectivity index (χ1) is 12.7. The van der Waals surface area contributed by atoms with Crippen molar-refractivity contribution in [3.05, 3.63) is 58.2 Å². The van der Waals surface area contributed by atoms with Gasteiger partial charge >= 0.3 is 0 Å². The van der Waals surface area contributed by atoms with Gasteiger partial charge in [-0.25, -0.2) is 4.98 Å². The van der Waals surface area contributed by atoms with Gasteiger partial charge in [-0.1, -0.05) is 53.5 Å². The highest BCUT2D eigenvalue weighted by Crippen LogP contribution is 2.27. The van der Waals surface area contributed by atoms with E-state index in [9.17, 15) is 0 Å². The minimum absolute atomic E-state index is 0.585. The van der Waals surface area contributed by atoms with Gasteiger partial charge in [0.15, 0.2) is 0 Å². The smallest absolute Gasteiger partial charge is 0.147 e. The molecule has 0 amide bonds. The van der Waals surface area contributed by atoms with Crippen molar-refractivity contribution in [1.29, 1.82) is 0 Å². The second kappa shape index (κ2) is 8.13. The van der Waals surface area contributed by atoms with Crippen molar-refractivity contribution < 1.29 is 0 Å². The SMILES string of the molecule is Clc1cnc(N2CCN([C@H]3CCN(Cc4ccccc4)C3)CC2)c(Cl)c1. The Balaban J connectivity index is 1.30. The third-order valence-corrected chi connectivity index (χ3v) is 5.90. The molecule has 2 aliphatic heterocycles. The fourth-order valence-corrected chi connectivity index (χ4v) is 4.53. The van der Waals surface area contributed by atoms with Crippen LogP contribution in [-0.4, -0.2) is 60.1 Å². The molecule has 3 heterocycles. The van der Waals surface area contributed by atoms with Crippen LogP contribution in [0.1, 0.15) is 12.0 Å². The molecule has 2 aromatic rings. The number of likely N-dealkylation sites (tertiary alicyclic amines) is 1. The van der Waals surface area contributed by atoms with Gasteiger partial charge in [0.2, 0.25) is 0 Å². The molecule has 2 fully saturated rings. The van der Waals surface area contributed by atoms with Crippen molar-refractivity contribution in [1.82, 2.24) is 14.8 Å². The maximum atomic E-state index is 6.31. The average molecular weight is 391 g/mol. The lowest BCUT2D eigenvalue weighted by molar-refractivity contribution is 0.181. The van der Waals surface area contributed by atoms with E-state index in [0.29, 0.717) is 16.1 Å². The second-order valence-corrected chi connectivity index (χ2v) is 7.99. The molecule has 2 aliphatic rings. The van der Waals surface area contributed by atoms with Crippen molar-refractivity contribution >= 4 is 29.0 Å². The van der Waals surface area contributed by atoms with Gasteiger partial charge in [-0.3, -0.25) is 9.80 Å². The lowest BCUT2D eigenvalue weighted by atomic mass is 10.2. The molecule has 0 saturated carbocycles. The Labute approximate surface area is 165 Å². The number of pyridine rings is 1. The fraction of sp³-hybridized carbons (Fsp3) is 0.450. The molecule has 6 heteroatoms. The molecule has 4 rings (SSSR count). The van der Waals surface area contributed by atoms with Crippen LogP contribution in [0, 0.1) is 0 Å². The number of hydrogen-bond donors (Lipinski definition) is 0. The quantitative estimate of drug-likeness (QED) is 0.791. The van der Waals surface area contributed by atoms with Crippen molar-refractivity contribution in [2.75, 3.05) is 44.2 Å². The van der Waals surface area contributed by atoms with Crippen LogP contribution in [-0.2, 0) is 6.54 Å². The van der Waals surface area contributed by atoms with Crippen LogP contribution in [0.2, 0.25) is 10.0 Å². The molecule has 4 nitrogen and oxygen atoms in total. The molecular formula is C20H24Cl2N4. The summed E-state index contributed by atoms with van der Waals surface area (Å²) in [6.07, 6.45) is 2.93. The molecule has 0 aliphatic carbocycles. The summed E-state index contributed by atoms with van der Waals surface area (Å²) in [5.41, 5.74) is 1.40. The van der Waals surface area contributed by atoms with Crippen LogP contribution in [0.5, 0.6) is 0 Å². The van der Waals surface area contributed by atoms with E-state index < -0.39 is 0 Å². The predicted octanol–water partition coefficient (Wildman–Crippen LogP) is 3.78. The highest BCUT2D eigenvalue weighted by Gasteiger charge is 2.30. The largest absolute Gasteiger partial charge is 0.353 e. The van der Waals surface area contributed by atoms with Crippen molar-refractivity contribution in [2.24, 2.45) is 0 Å². The van der Waals surface area contributed by atoms with Gasteiger partial charge in [-0.15, -0.1) is 0 Å². The summed E-state index contributed by atoms with van der Waals surface area (Å²) in [7, 11) is 0. The number of anilines is 1. The molecule has 1 aromatic heterocycles. The van der Waals surface area contributed by atoms with Gasteiger partial charge in [0.25, 0.3) is 0 Å². The van der Waals surface area contributed by atoms with Gasteiger partial charge in [0, 0.05) is 58.1 Å². The van der Waals surface area contributed by atoms with E-state index in [2.05, 4.69) is 50.0 Å². The van der Waals surface area contributed by atoms with E-state index in [4.69, 9.17) is 23.2 Å². The first-order valence-corrected chi connectivity index (χ1v) is 10.0. The Hall–Kier alpha value is -1.33. The third-order valence-electron chi connectivity index (χ3n) is 5.42. The van der Waals surface area contributed by atoms with E-state index in [1.165, 1.54) is 18.5 Å². The zero-order chi connectivity index (χ0) is 17.9. The topological polar surface area (TPSA) is 22.6 Å². The van der Waals surface area contributed by atoms with Crippen LogP contribution >= 0.6 is 23.2 Å². The summed E-state index contributed by atoms with van der Waals surface area (Å²) in [5, 5.41) is 1.22. The number of benzene rings is 1. The lowest BCUT2D eigenvalue weighted by Crippen LogP contribution is -2.51. The van der Waals surface area contributed by atoms with Crippen LogP contribution in [0.3, 0.4) is 0 Å². The molecule has 2 saturated heterocycles. The van der Waals surface area contributed by atoms with Crippen LogP contribution < -0.4 is 4.90 Å². The number of piperazine rings is 1. The van der Waals surface area contributed by atoms with E-state index in [0.717, 1.165) is 45.1 Å². The average Bonchev–Trinajstić information content (AvgIpc) is 3.11. The fourth-order valence-electron chi connectivity index (χ4n) is 4.03. The second-order valence-electron chi connectivity index (χ2n) is 7.15. The van der Waals surface area contributed by atoms with Gasteiger partial charge in [-0.05, 0) is 18.1 Å². The van der Waals surface area contributed by atoms with Crippen LogP contribution in [0.15, 0.2) is 42.6 Å². The summed E-state index contributed by atoms with van der Waals surface area (Å²) in [6, 6.07) is 13.2. The standard InChI is InChI=1S/C20H24Cl2N4/c21-17-12-19(22)20(23-13-17)26-10-8-25(9-11-26)18-6-7-24(15-18)14-16-4-2-1-3-5-16/h1-5,12-13,18H,6-11,14-15H2/t18-/m0/s1. The van der Waals surface area contributed by atoms with Crippen LogP contribution in [0.4, 0.5) is 5.82 Å². The molecule has 138 valence electrons. The molecule has 1 aromatic carbocycles. The molecule has 0 N–H and O–H groups in total. The highest BCUT2D eigenvalue weighted by molar-refractivity contribution is 6.36. The number of aromatic nitrogens is 1. The maximum absolute atomic E-state index is 6.31. The summed E-state index contributed by atoms with van der Waals surface area (Å²) in [6.45, 7) is 7.45. The normalized spacial score (nSPS) is 22.1. The Morgan fingerprint density at radius 2 is 1.77 bits per heavy atom. The van der Waals surface area contributed by atoms with E-state index in [1.54, 1.807) is 12.3 Å². The molecule has 1 atom stereocenters. The number of rotatable bonds is 4. The third kappa shape index (κ3) is 4.15. The van der Waals surface area contributed by atoms with Gasteiger partial charge in [0.1, 0.15) is 5.82 Å². The van der Waals surface area contributed by atoms with Gasteiger partial charge in [0.05, 0.1) is 10.0 Å². The molecule has 26 heavy (non-hydrogen) atoms. The molecular weight excluding hydrogens is 367 g/mol. The monoisotopic (exact) mass is 390 g/mol. The molecule has 0 unspecified atom stereocenters. The van der Waals surface area contributed by atoms with Crippen molar-refractivity contribution in [3.63, 3.8) is 0 Å². The lowest BCUT2D eigenvalue weighted by Gasteiger charge is -2.38. The van der Waals surface area contributed by atoms with Crippen molar-refractivity contribution in [3.8, 4) is 0 Å². The van der Waals surface area contributed by atoms with E-state index >= 15 is 0 Å². The summed E-state index contributed by atoms with van der Waals surface area (Å²) in [5.74, 6) is 0.854. The first kappa shape index (κ1) is 18.1. The minimum atomic E-state index is 0.585. The first-order valence-electron chi connectivity index (χ1n) is 9.25. The Morgan fingerprint density at radius 1 is 1.00 bits per heavy atom. The van der Waals surface area contributed by atoms with E-state index in [1.807, 2.05) is 0 Å². The Morgan fingerprint density at radius 3 is 2.50 bits per heavy atom. The maximum Gasteiger partial charge on any atom is 0.147 e. The summed E-state index contributed by atoms with van der Waals surface area (Å²) < 4.78 is 0. The Bertz CT molecular complexity index is 732. The highest BCUT2D eigenvalue weighted by atomic mass is 35.5. The zero-order valence-electron chi connectivity index (χ0n) is 14.8. The number of halogens is 2. The Kier molecular flexibility index (Phi) is 5.65. The summed E-state index contributed by atoms with van der Waals surface area (Å²) in [4.78, 5) is 11.9. The zero-order valence-corrected chi connectivity index (χ0v) is 16.3. The minimum Gasteiger partial charge on any atom is -0.353 e. The predicted molar refractivity (Wildman–Crippen MR) is 108 cm³/mol. The van der Waals surface area contributed by atoms with Gasteiger partial charge in [-0.2, -0.15) is 0 Å². The van der Waals surface area contributed by atoms with Crippen LogP contribution in [0.25, 0.3) is 0 Å².